The molecule has 0 amide bonds. The molecule has 0 aliphatic carbocycles. The van der Waals surface area contributed by atoms with Gasteiger partial charge in [0.2, 0.25) is 6.79 Å². The van der Waals surface area contributed by atoms with Crippen LogP contribution in [0.5, 0.6) is 23.0 Å². The van der Waals surface area contributed by atoms with Crippen molar-refractivity contribution in [2.75, 3.05) is 26.3 Å². The van der Waals surface area contributed by atoms with E-state index in [1.807, 2.05) is 42.5 Å². The first-order valence-corrected chi connectivity index (χ1v) is 10.2. The molecule has 0 radical (unpaired) electrons. The van der Waals surface area contributed by atoms with Crippen LogP contribution in [-0.4, -0.2) is 36.0 Å². The van der Waals surface area contributed by atoms with Gasteiger partial charge in [-0.15, -0.1) is 0 Å². The Labute approximate surface area is 187 Å². The monoisotopic (exact) mass is 442 g/mol. The highest BCUT2D eigenvalue weighted by atomic mass is 16.7. The van der Waals surface area contributed by atoms with E-state index in [0.29, 0.717) is 45.3 Å². The Morgan fingerprint density at radius 2 is 1.70 bits per heavy atom. The van der Waals surface area contributed by atoms with Crippen molar-refractivity contribution in [2.45, 2.75) is 0 Å². The lowest BCUT2D eigenvalue weighted by Crippen LogP contribution is -1.97. The molecule has 6 rings (SSSR count). The molecule has 9 heteroatoms. The summed E-state index contributed by atoms with van der Waals surface area (Å²) in [5, 5.41) is 3.27. The van der Waals surface area contributed by atoms with Crippen LogP contribution in [0, 0.1) is 0 Å². The van der Waals surface area contributed by atoms with E-state index in [1.165, 1.54) is 6.33 Å². The fourth-order valence-electron chi connectivity index (χ4n) is 3.82. The number of hydrogen-bond donors (Lipinski definition) is 1. The molecule has 2 aromatic carbocycles. The molecule has 0 unspecified atom stereocenters. The van der Waals surface area contributed by atoms with Crippen molar-refractivity contribution in [3.63, 3.8) is 0 Å². The third kappa shape index (κ3) is 3.21. The predicted octanol–water partition coefficient (Wildman–Crippen LogP) is 4.93. The summed E-state index contributed by atoms with van der Waals surface area (Å²) in [7, 11) is 3.19. The first kappa shape index (κ1) is 19.2. The standard InChI is InChI=1S/C24H18N4O5/c1-29-16-6-4-15(9-18(16)30-2)28-24-23-22(26-11-27-24)21-20(33-23)8-14(10-25-21)13-3-5-17-19(7-13)32-12-31-17/h3-11H,12H2,1-2H3,(H,26,27,28). The molecule has 0 spiro atoms. The van der Waals surface area contributed by atoms with Crippen LogP contribution < -0.4 is 24.3 Å². The molecule has 3 aromatic heterocycles. The summed E-state index contributed by atoms with van der Waals surface area (Å²) in [4.78, 5) is 13.4. The zero-order chi connectivity index (χ0) is 22.4. The number of benzene rings is 2. The molecular formula is C24H18N4O5. The Kier molecular flexibility index (Phi) is 4.39. The summed E-state index contributed by atoms with van der Waals surface area (Å²) in [5.41, 5.74) is 5.01. The quantitative estimate of drug-likeness (QED) is 0.406. The fourth-order valence-corrected chi connectivity index (χ4v) is 3.82. The van der Waals surface area contributed by atoms with Gasteiger partial charge in [-0.2, -0.15) is 0 Å². The van der Waals surface area contributed by atoms with Crippen molar-refractivity contribution in [2.24, 2.45) is 0 Å². The molecule has 0 saturated carbocycles. The van der Waals surface area contributed by atoms with Crippen molar-refractivity contribution in [1.29, 1.82) is 0 Å². The van der Waals surface area contributed by atoms with Crippen LogP contribution in [-0.2, 0) is 0 Å². The summed E-state index contributed by atoms with van der Waals surface area (Å²) < 4.78 is 27.7. The third-order valence-electron chi connectivity index (χ3n) is 5.45. The number of hydrogen-bond acceptors (Lipinski definition) is 9. The van der Waals surface area contributed by atoms with E-state index < -0.39 is 0 Å². The van der Waals surface area contributed by atoms with Gasteiger partial charge >= 0.3 is 0 Å². The molecule has 9 nitrogen and oxygen atoms in total. The van der Waals surface area contributed by atoms with Gasteiger partial charge in [-0.05, 0) is 35.9 Å². The number of methoxy groups -OCH3 is 2. The topological polar surface area (TPSA) is 101 Å². The van der Waals surface area contributed by atoms with E-state index in [4.69, 9.17) is 23.4 Å². The van der Waals surface area contributed by atoms with Crippen LogP contribution in [0.25, 0.3) is 33.3 Å². The van der Waals surface area contributed by atoms with Crippen molar-refractivity contribution in [3.8, 4) is 34.1 Å². The number of fused-ring (bicyclic) bond motifs is 4. The summed E-state index contributed by atoms with van der Waals surface area (Å²) in [6, 6.07) is 13.2. The second kappa shape index (κ2) is 7.56. The first-order valence-electron chi connectivity index (χ1n) is 10.2. The highest BCUT2D eigenvalue weighted by Crippen LogP contribution is 2.38. The lowest BCUT2D eigenvalue weighted by atomic mass is 10.1. The highest BCUT2D eigenvalue weighted by Gasteiger charge is 2.18. The van der Waals surface area contributed by atoms with Gasteiger partial charge in [0.15, 0.2) is 40.0 Å². The number of furan rings is 1. The highest BCUT2D eigenvalue weighted by molar-refractivity contribution is 6.04. The van der Waals surface area contributed by atoms with Crippen LogP contribution in [0.2, 0.25) is 0 Å². The molecule has 1 N–H and O–H groups in total. The van der Waals surface area contributed by atoms with Crippen molar-refractivity contribution in [1.82, 2.24) is 15.0 Å². The molecule has 0 bridgehead atoms. The Hall–Kier alpha value is -4.53. The minimum absolute atomic E-state index is 0.230. The summed E-state index contributed by atoms with van der Waals surface area (Å²) >= 11 is 0. The van der Waals surface area contributed by atoms with Crippen LogP contribution in [0.15, 0.2) is 59.4 Å². The molecule has 33 heavy (non-hydrogen) atoms. The molecule has 4 heterocycles. The molecule has 0 saturated heterocycles. The molecule has 0 fully saturated rings. The average Bonchev–Trinajstić information content (AvgIpc) is 3.48. The SMILES string of the molecule is COc1ccc(Nc2ncnc3c2oc2cc(-c4ccc5c(c4)OCO5)cnc23)cc1OC. The maximum atomic E-state index is 6.15. The van der Waals surface area contributed by atoms with Crippen LogP contribution in [0.1, 0.15) is 0 Å². The molecule has 164 valence electrons. The lowest BCUT2D eigenvalue weighted by Gasteiger charge is -2.10. The number of nitrogens with zero attached hydrogens (tertiary/aromatic N) is 3. The van der Waals surface area contributed by atoms with Crippen molar-refractivity contribution >= 4 is 33.7 Å². The average molecular weight is 442 g/mol. The van der Waals surface area contributed by atoms with E-state index in [9.17, 15) is 0 Å². The van der Waals surface area contributed by atoms with Gasteiger partial charge in [-0.25, -0.2) is 15.0 Å². The number of anilines is 2. The Balaban J connectivity index is 1.40. The van der Waals surface area contributed by atoms with Gasteiger partial charge in [-0.1, -0.05) is 6.07 Å². The summed E-state index contributed by atoms with van der Waals surface area (Å²) in [6.45, 7) is 0.230. The molecular weight excluding hydrogens is 424 g/mol. The first-order chi connectivity index (χ1) is 16.2. The molecule has 1 aliphatic heterocycles. The van der Waals surface area contributed by atoms with Gasteiger partial charge in [0, 0.05) is 23.5 Å². The third-order valence-corrected chi connectivity index (χ3v) is 5.45. The van der Waals surface area contributed by atoms with E-state index in [-0.39, 0.29) is 6.79 Å². The van der Waals surface area contributed by atoms with E-state index in [1.54, 1.807) is 20.4 Å². The maximum Gasteiger partial charge on any atom is 0.231 e. The van der Waals surface area contributed by atoms with Gasteiger partial charge in [0.25, 0.3) is 0 Å². The Morgan fingerprint density at radius 3 is 2.58 bits per heavy atom. The number of aromatic nitrogens is 3. The van der Waals surface area contributed by atoms with E-state index >= 15 is 0 Å². The van der Waals surface area contributed by atoms with Crippen LogP contribution in [0.3, 0.4) is 0 Å². The molecule has 0 atom stereocenters. The number of rotatable bonds is 5. The number of nitrogens with one attached hydrogen (secondary N) is 1. The Morgan fingerprint density at radius 1 is 0.818 bits per heavy atom. The smallest absolute Gasteiger partial charge is 0.231 e. The summed E-state index contributed by atoms with van der Waals surface area (Å²) in [6.07, 6.45) is 3.27. The fraction of sp³-hybridized carbons (Fsp3) is 0.125. The maximum absolute atomic E-state index is 6.15. The molecule has 1 aliphatic rings. The summed E-state index contributed by atoms with van der Waals surface area (Å²) in [5.74, 6) is 3.21. The van der Waals surface area contributed by atoms with Crippen LogP contribution >= 0.6 is 0 Å². The van der Waals surface area contributed by atoms with Gasteiger partial charge in [0.05, 0.1) is 14.2 Å². The normalized spacial score (nSPS) is 12.3. The zero-order valence-corrected chi connectivity index (χ0v) is 17.8. The lowest BCUT2D eigenvalue weighted by molar-refractivity contribution is 0.174. The van der Waals surface area contributed by atoms with Gasteiger partial charge < -0.3 is 28.7 Å². The Bertz CT molecular complexity index is 1510. The van der Waals surface area contributed by atoms with Crippen molar-refractivity contribution in [3.05, 3.63) is 55.0 Å². The van der Waals surface area contributed by atoms with Crippen molar-refractivity contribution < 1.29 is 23.4 Å². The minimum Gasteiger partial charge on any atom is -0.493 e. The van der Waals surface area contributed by atoms with Gasteiger partial charge in [0.1, 0.15) is 17.4 Å². The zero-order valence-electron chi connectivity index (χ0n) is 17.8. The van der Waals surface area contributed by atoms with Gasteiger partial charge in [-0.3, -0.25) is 0 Å². The van der Waals surface area contributed by atoms with E-state index in [0.717, 1.165) is 22.6 Å². The van der Waals surface area contributed by atoms with E-state index in [2.05, 4.69) is 20.3 Å². The second-order valence-corrected chi connectivity index (χ2v) is 7.34. The number of ether oxygens (including phenoxy) is 4. The minimum atomic E-state index is 0.230. The second-order valence-electron chi connectivity index (χ2n) is 7.34. The largest absolute Gasteiger partial charge is 0.493 e. The predicted molar refractivity (Wildman–Crippen MR) is 121 cm³/mol. The van der Waals surface area contributed by atoms with Crippen LogP contribution in [0.4, 0.5) is 11.5 Å². The molecule has 5 aromatic rings. The number of pyridine rings is 1.